The van der Waals surface area contributed by atoms with Crippen molar-refractivity contribution in [2.75, 3.05) is 5.32 Å². The van der Waals surface area contributed by atoms with Crippen LogP contribution in [0.2, 0.25) is 0 Å². The Morgan fingerprint density at radius 2 is 2.10 bits per heavy atom. The number of imidazole rings is 1. The maximum Gasteiger partial charge on any atom is 0.180 e. The van der Waals surface area contributed by atoms with Gasteiger partial charge in [-0.3, -0.25) is 0 Å². The second-order valence-corrected chi connectivity index (χ2v) is 5.84. The van der Waals surface area contributed by atoms with Crippen LogP contribution in [0.15, 0.2) is 41.4 Å². The van der Waals surface area contributed by atoms with Crippen LogP contribution in [0, 0.1) is 0 Å². The molecule has 1 N–H and O–H groups in total. The monoisotopic (exact) mass is 328 g/mol. The normalized spacial score (nSPS) is 13.7. The molecule has 0 fully saturated rings. The third kappa shape index (κ3) is 1.98. The van der Waals surface area contributed by atoms with Crippen molar-refractivity contribution in [2.45, 2.75) is 19.3 Å². The molecule has 0 radical (unpaired) electrons. The fourth-order valence-electron chi connectivity index (χ4n) is 2.77. The Kier molecular flexibility index (Phi) is 2.73. The number of rotatable bonds is 2. The van der Waals surface area contributed by atoms with Crippen molar-refractivity contribution < 1.29 is 0 Å². The van der Waals surface area contributed by atoms with E-state index in [-0.39, 0.29) is 0 Å². The summed E-state index contributed by atoms with van der Waals surface area (Å²) in [6.45, 7) is 0. The lowest BCUT2D eigenvalue weighted by molar-refractivity contribution is 0.912. The van der Waals surface area contributed by atoms with Crippen LogP contribution in [0.1, 0.15) is 17.5 Å². The molecule has 0 aliphatic heterocycles. The fourth-order valence-corrected chi connectivity index (χ4v) is 3.17. The molecule has 0 bridgehead atoms. The molecule has 4 rings (SSSR count). The van der Waals surface area contributed by atoms with Crippen LogP contribution < -0.4 is 5.32 Å². The summed E-state index contributed by atoms with van der Waals surface area (Å²) in [6, 6.07) is 6.56. The van der Waals surface area contributed by atoms with Crippen LogP contribution in [0.25, 0.3) is 5.65 Å². The summed E-state index contributed by atoms with van der Waals surface area (Å²) in [5.74, 6) is 0.766. The summed E-state index contributed by atoms with van der Waals surface area (Å²) in [7, 11) is 0. The highest BCUT2D eigenvalue weighted by Crippen LogP contribution is 2.27. The fraction of sp³-hybridized carbons (Fsp3) is 0.200. The summed E-state index contributed by atoms with van der Waals surface area (Å²) in [4.78, 5) is 8.83. The first kappa shape index (κ1) is 11.9. The second-order valence-electron chi connectivity index (χ2n) is 5.03. The van der Waals surface area contributed by atoms with Crippen LogP contribution in [-0.2, 0) is 12.8 Å². The van der Waals surface area contributed by atoms with E-state index in [1.807, 2.05) is 16.8 Å². The number of halogens is 1. The third-order valence-corrected chi connectivity index (χ3v) is 4.09. The molecule has 2 heterocycles. The molecule has 0 saturated carbocycles. The number of hydrogen-bond acceptors (Lipinski definition) is 3. The highest BCUT2D eigenvalue weighted by Gasteiger charge is 2.12. The minimum atomic E-state index is 0.766. The van der Waals surface area contributed by atoms with Gasteiger partial charge in [0.05, 0.1) is 0 Å². The molecule has 0 saturated heterocycles. The van der Waals surface area contributed by atoms with Crippen molar-refractivity contribution in [1.29, 1.82) is 0 Å². The Bertz CT molecular complexity index is 794. The molecule has 1 aliphatic rings. The summed E-state index contributed by atoms with van der Waals surface area (Å²) in [5, 5.41) is 3.38. The van der Waals surface area contributed by atoms with E-state index in [1.54, 1.807) is 6.20 Å². The number of aromatic nitrogens is 3. The van der Waals surface area contributed by atoms with Crippen molar-refractivity contribution >= 4 is 33.1 Å². The third-order valence-electron chi connectivity index (χ3n) is 3.71. The van der Waals surface area contributed by atoms with Crippen LogP contribution in [-0.4, -0.2) is 14.4 Å². The molecule has 3 aromatic rings. The van der Waals surface area contributed by atoms with Crippen LogP contribution >= 0.6 is 15.9 Å². The summed E-state index contributed by atoms with van der Waals surface area (Å²) < 4.78 is 2.74. The average molecular weight is 329 g/mol. The number of anilines is 2. The van der Waals surface area contributed by atoms with E-state index in [2.05, 4.69) is 49.4 Å². The van der Waals surface area contributed by atoms with Gasteiger partial charge in [-0.15, -0.1) is 0 Å². The molecular formula is C15H13BrN4. The maximum absolute atomic E-state index is 4.48. The first-order valence-electron chi connectivity index (χ1n) is 6.68. The van der Waals surface area contributed by atoms with Crippen LogP contribution in [0.4, 0.5) is 11.5 Å². The standard InChI is InChI=1S/C15H13BrN4/c16-13-9-20-7-6-17-15(20)14(19-13)18-12-5-4-10-2-1-3-11(10)8-12/h4-9H,1-3H2,(H,18,19). The lowest BCUT2D eigenvalue weighted by Crippen LogP contribution is -1.99. The molecular weight excluding hydrogens is 316 g/mol. The Morgan fingerprint density at radius 3 is 3.05 bits per heavy atom. The molecule has 20 heavy (non-hydrogen) atoms. The highest BCUT2D eigenvalue weighted by atomic mass is 79.9. The van der Waals surface area contributed by atoms with Crippen molar-refractivity contribution in [2.24, 2.45) is 0 Å². The van der Waals surface area contributed by atoms with Crippen LogP contribution in [0.5, 0.6) is 0 Å². The zero-order chi connectivity index (χ0) is 13.5. The Morgan fingerprint density at radius 1 is 1.20 bits per heavy atom. The van der Waals surface area contributed by atoms with Gasteiger partial charge >= 0.3 is 0 Å². The minimum Gasteiger partial charge on any atom is -0.337 e. The van der Waals surface area contributed by atoms with Gasteiger partial charge in [0.1, 0.15) is 4.60 Å². The zero-order valence-electron chi connectivity index (χ0n) is 10.8. The summed E-state index contributed by atoms with van der Waals surface area (Å²) in [6.07, 6.45) is 9.23. The van der Waals surface area contributed by atoms with E-state index in [1.165, 1.54) is 30.4 Å². The number of hydrogen-bond donors (Lipinski definition) is 1. The van der Waals surface area contributed by atoms with Crippen molar-refractivity contribution in [3.63, 3.8) is 0 Å². The van der Waals surface area contributed by atoms with Crippen LogP contribution in [0.3, 0.4) is 0 Å². The van der Waals surface area contributed by atoms with Gasteiger partial charge < -0.3 is 9.72 Å². The number of nitrogens with zero attached hydrogens (tertiary/aromatic N) is 3. The Labute approximate surface area is 125 Å². The first-order chi connectivity index (χ1) is 9.79. The maximum atomic E-state index is 4.48. The van der Waals surface area contributed by atoms with Gasteiger partial charge in [-0.25, -0.2) is 9.97 Å². The second kappa shape index (κ2) is 4.59. The van der Waals surface area contributed by atoms with E-state index in [4.69, 9.17) is 0 Å². The van der Waals surface area contributed by atoms with E-state index < -0.39 is 0 Å². The van der Waals surface area contributed by atoms with Gasteiger partial charge in [0.25, 0.3) is 0 Å². The van der Waals surface area contributed by atoms with Crippen molar-refractivity contribution in [1.82, 2.24) is 14.4 Å². The number of nitrogens with one attached hydrogen (secondary N) is 1. The van der Waals surface area contributed by atoms with Crippen molar-refractivity contribution in [3.05, 3.63) is 52.5 Å². The van der Waals surface area contributed by atoms with Gasteiger partial charge in [0, 0.05) is 24.3 Å². The number of fused-ring (bicyclic) bond motifs is 2. The van der Waals surface area contributed by atoms with Gasteiger partial charge in [-0.1, -0.05) is 6.07 Å². The lowest BCUT2D eigenvalue weighted by Gasteiger charge is -2.09. The first-order valence-corrected chi connectivity index (χ1v) is 7.47. The molecule has 0 spiro atoms. The quantitative estimate of drug-likeness (QED) is 0.779. The molecule has 5 heteroatoms. The molecule has 2 aromatic heterocycles. The molecule has 4 nitrogen and oxygen atoms in total. The van der Waals surface area contributed by atoms with Gasteiger partial charge in [0.2, 0.25) is 0 Å². The molecule has 1 aromatic carbocycles. The van der Waals surface area contributed by atoms with Gasteiger partial charge in [0.15, 0.2) is 11.5 Å². The highest BCUT2D eigenvalue weighted by molar-refractivity contribution is 9.10. The Hall–Kier alpha value is -1.88. The lowest BCUT2D eigenvalue weighted by atomic mass is 10.1. The smallest absolute Gasteiger partial charge is 0.180 e. The van der Waals surface area contributed by atoms with E-state index in [9.17, 15) is 0 Å². The minimum absolute atomic E-state index is 0.766. The number of aryl methyl sites for hydroxylation is 2. The predicted octanol–water partition coefficient (Wildman–Crippen LogP) is 3.72. The Balaban J connectivity index is 1.75. The van der Waals surface area contributed by atoms with Gasteiger partial charge in [-0.05, 0) is 58.5 Å². The van der Waals surface area contributed by atoms with E-state index >= 15 is 0 Å². The molecule has 1 aliphatic carbocycles. The number of benzene rings is 1. The summed E-state index contributed by atoms with van der Waals surface area (Å²) >= 11 is 3.43. The van der Waals surface area contributed by atoms with E-state index in [0.29, 0.717) is 0 Å². The van der Waals surface area contributed by atoms with Crippen molar-refractivity contribution in [3.8, 4) is 0 Å². The molecule has 0 atom stereocenters. The zero-order valence-corrected chi connectivity index (χ0v) is 12.4. The molecule has 100 valence electrons. The average Bonchev–Trinajstić information content (AvgIpc) is 3.05. The molecule has 0 amide bonds. The predicted molar refractivity (Wildman–Crippen MR) is 82.4 cm³/mol. The largest absolute Gasteiger partial charge is 0.337 e. The molecule has 0 unspecified atom stereocenters. The van der Waals surface area contributed by atoms with E-state index in [0.717, 1.165) is 21.8 Å². The van der Waals surface area contributed by atoms with Gasteiger partial charge in [-0.2, -0.15) is 0 Å². The SMILES string of the molecule is Brc1cn2ccnc2c(Nc2ccc3c(c2)CCC3)n1. The topological polar surface area (TPSA) is 42.2 Å². The summed E-state index contributed by atoms with van der Waals surface area (Å²) in [5.41, 5.74) is 4.82.